The van der Waals surface area contributed by atoms with Crippen molar-refractivity contribution in [1.82, 2.24) is 24.4 Å². The molecule has 12 heteroatoms. The van der Waals surface area contributed by atoms with Crippen LogP contribution in [0.5, 0.6) is 0 Å². The van der Waals surface area contributed by atoms with Crippen molar-refractivity contribution >= 4 is 18.2 Å². The number of nitrogens with zero attached hydrogens (tertiary/aromatic N) is 7. The molecule has 0 aliphatic carbocycles. The molecule has 2 aliphatic heterocycles. The molecule has 0 bridgehead atoms. The summed E-state index contributed by atoms with van der Waals surface area (Å²) in [6.45, 7) is 1.43. The van der Waals surface area contributed by atoms with Crippen molar-refractivity contribution in [2.75, 3.05) is 31.1 Å². The number of rotatable bonds is 3. The van der Waals surface area contributed by atoms with Gasteiger partial charge in [-0.1, -0.05) is 0 Å². The van der Waals surface area contributed by atoms with Gasteiger partial charge in [-0.25, -0.2) is 32.9 Å². The first-order valence-electron chi connectivity index (χ1n) is 11.3. The van der Waals surface area contributed by atoms with Crippen molar-refractivity contribution in [3.05, 3.63) is 76.1 Å². The van der Waals surface area contributed by atoms with E-state index in [0.717, 1.165) is 12.3 Å². The van der Waals surface area contributed by atoms with Gasteiger partial charge in [0.2, 0.25) is 11.5 Å². The highest BCUT2D eigenvalue weighted by Gasteiger charge is 2.34. The molecule has 3 aromatic rings. The molecule has 36 heavy (non-hydrogen) atoms. The van der Waals surface area contributed by atoms with Crippen LogP contribution in [-0.4, -0.2) is 62.9 Å². The molecule has 2 amide bonds. The molecule has 0 radical (unpaired) electrons. The van der Waals surface area contributed by atoms with Crippen molar-refractivity contribution in [2.45, 2.75) is 12.5 Å². The second-order valence-electron chi connectivity index (χ2n) is 8.59. The van der Waals surface area contributed by atoms with Crippen LogP contribution in [0.25, 0.3) is 11.3 Å². The highest BCUT2D eigenvalue weighted by Crippen LogP contribution is 2.30. The average Bonchev–Trinajstić information content (AvgIpc) is 3.35. The van der Waals surface area contributed by atoms with Gasteiger partial charge in [-0.2, -0.15) is 5.10 Å². The number of anilines is 1. The van der Waals surface area contributed by atoms with E-state index in [4.69, 9.17) is 0 Å². The standard InChI is InChI=1S/C24H22F3N7O2/c1-31-14-15(2-3-21(31)35)22-19(27)13-28-23(30-22)32-6-8-33(9-7-32)24(36)34-20(4-5-29-34)16-10-17(25)12-18(26)11-16/h2-3,5,10-14,20H,4,6-9H2,1H3. The third kappa shape index (κ3) is 4.53. The Morgan fingerprint density at radius 1 is 1.03 bits per heavy atom. The fraction of sp³-hybridized carbons (Fsp3) is 0.292. The molecule has 9 nitrogen and oxygen atoms in total. The van der Waals surface area contributed by atoms with Crippen LogP contribution >= 0.6 is 0 Å². The molecule has 0 saturated carbocycles. The molecule has 2 aromatic heterocycles. The minimum atomic E-state index is -0.714. The molecule has 1 aromatic carbocycles. The minimum Gasteiger partial charge on any atom is -0.337 e. The summed E-state index contributed by atoms with van der Waals surface area (Å²) < 4.78 is 43.2. The van der Waals surface area contributed by atoms with Gasteiger partial charge in [-0.05, 0) is 23.8 Å². The molecule has 1 unspecified atom stereocenters. The largest absolute Gasteiger partial charge is 0.341 e. The van der Waals surface area contributed by atoms with Gasteiger partial charge in [-0.15, -0.1) is 0 Å². The monoisotopic (exact) mass is 497 g/mol. The third-order valence-corrected chi connectivity index (χ3v) is 6.22. The summed E-state index contributed by atoms with van der Waals surface area (Å²) >= 11 is 0. The predicted octanol–water partition coefficient (Wildman–Crippen LogP) is 2.93. The van der Waals surface area contributed by atoms with Gasteiger partial charge in [0.15, 0.2) is 5.82 Å². The van der Waals surface area contributed by atoms with E-state index in [0.29, 0.717) is 49.7 Å². The number of carbonyl (C=O) groups is 1. The van der Waals surface area contributed by atoms with Crippen LogP contribution in [0.4, 0.5) is 23.9 Å². The molecular formula is C24H22F3N7O2. The van der Waals surface area contributed by atoms with Gasteiger partial charge in [0, 0.05) is 69.8 Å². The second kappa shape index (κ2) is 9.44. The fourth-order valence-corrected chi connectivity index (χ4v) is 4.33. The van der Waals surface area contributed by atoms with E-state index in [2.05, 4.69) is 15.1 Å². The molecule has 0 N–H and O–H groups in total. The van der Waals surface area contributed by atoms with Crippen LogP contribution in [-0.2, 0) is 7.05 Å². The van der Waals surface area contributed by atoms with Crippen molar-refractivity contribution in [3.63, 3.8) is 0 Å². The van der Waals surface area contributed by atoms with Gasteiger partial charge >= 0.3 is 6.03 Å². The highest BCUT2D eigenvalue weighted by atomic mass is 19.1. The zero-order valence-corrected chi connectivity index (χ0v) is 19.3. The van der Waals surface area contributed by atoms with Crippen LogP contribution in [0.15, 0.2) is 52.6 Å². The lowest BCUT2D eigenvalue weighted by molar-refractivity contribution is 0.139. The lowest BCUT2D eigenvalue weighted by Crippen LogP contribution is -2.52. The molecule has 1 atom stereocenters. The van der Waals surface area contributed by atoms with Crippen molar-refractivity contribution in [2.24, 2.45) is 12.1 Å². The van der Waals surface area contributed by atoms with E-state index in [1.165, 1.54) is 40.0 Å². The SMILES string of the molecule is Cn1cc(-c2nc(N3CCN(C(=O)N4N=CCC4c4cc(F)cc(F)c4)CC3)ncc2F)ccc1=O. The van der Waals surface area contributed by atoms with Gasteiger partial charge in [0.05, 0.1) is 12.2 Å². The summed E-state index contributed by atoms with van der Waals surface area (Å²) in [5.74, 6) is -1.73. The summed E-state index contributed by atoms with van der Waals surface area (Å²) in [4.78, 5) is 36.7. The molecule has 5 rings (SSSR count). The Bertz CT molecular complexity index is 1380. The van der Waals surface area contributed by atoms with Crippen molar-refractivity contribution in [3.8, 4) is 11.3 Å². The average molecular weight is 497 g/mol. The Morgan fingerprint density at radius 3 is 2.44 bits per heavy atom. The number of halogens is 3. The molecular weight excluding hydrogens is 475 g/mol. The van der Waals surface area contributed by atoms with Gasteiger partial charge < -0.3 is 14.4 Å². The van der Waals surface area contributed by atoms with Crippen LogP contribution in [0.3, 0.4) is 0 Å². The van der Waals surface area contributed by atoms with Crippen molar-refractivity contribution in [1.29, 1.82) is 0 Å². The number of pyridine rings is 1. The van der Waals surface area contributed by atoms with Crippen molar-refractivity contribution < 1.29 is 18.0 Å². The summed E-state index contributed by atoms with van der Waals surface area (Å²) in [6, 6.07) is 5.07. The Hall–Kier alpha value is -4.22. The second-order valence-corrected chi connectivity index (χ2v) is 8.59. The number of aryl methyl sites for hydroxylation is 1. The lowest BCUT2D eigenvalue weighted by atomic mass is 10.0. The summed E-state index contributed by atoms with van der Waals surface area (Å²) in [6.07, 6.45) is 4.49. The van der Waals surface area contributed by atoms with E-state index >= 15 is 0 Å². The Kier molecular flexibility index (Phi) is 6.17. The number of aromatic nitrogens is 3. The normalized spacial score (nSPS) is 17.7. The molecule has 1 fully saturated rings. The first kappa shape index (κ1) is 23.5. The number of carbonyl (C=O) groups excluding carboxylic acids is 1. The Balaban J connectivity index is 1.28. The summed E-state index contributed by atoms with van der Waals surface area (Å²) in [5.41, 5.74) is 0.633. The molecule has 2 aliphatic rings. The molecule has 1 saturated heterocycles. The lowest BCUT2D eigenvalue weighted by Gasteiger charge is -2.37. The van der Waals surface area contributed by atoms with Crippen LogP contribution in [0.1, 0.15) is 18.0 Å². The Labute approximate surface area is 204 Å². The maximum atomic E-state index is 14.5. The summed E-state index contributed by atoms with van der Waals surface area (Å²) in [5, 5.41) is 5.39. The first-order valence-corrected chi connectivity index (χ1v) is 11.3. The van der Waals surface area contributed by atoms with Crippen LogP contribution in [0, 0.1) is 17.5 Å². The zero-order chi connectivity index (χ0) is 25.4. The number of amides is 2. The van der Waals surface area contributed by atoms with E-state index in [9.17, 15) is 22.8 Å². The molecule has 4 heterocycles. The maximum absolute atomic E-state index is 14.5. The van der Waals surface area contributed by atoms with E-state index < -0.39 is 23.5 Å². The minimum absolute atomic E-state index is 0.0747. The fourth-order valence-electron chi connectivity index (χ4n) is 4.33. The quantitative estimate of drug-likeness (QED) is 0.556. The topological polar surface area (TPSA) is 86.9 Å². The number of urea groups is 1. The molecule has 0 spiro atoms. The van der Waals surface area contributed by atoms with Gasteiger partial charge in [0.1, 0.15) is 17.3 Å². The summed E-state index contributed by atoms with van der Waals surface area (Å²) in [7, 11) is 1.57. The van der Waals surface area contributed by atoms with E-state index in [1.54, 1.807) is 18.2 Å². The predicted molar refractivity (Wildman–Crippen MR) is 126 cm³/mol. The number of hydrogen-bond donors (Lipinski definition) is 0. The third-order valence-electron chi connectivity index (χ3n) is 6.22. The smallest absolute Gasteiger partial charge is 0.337 e. The van der Waals surface area contributed by atoms with Crippen LogP contribution in [0.2, 0.25) is 0 Å². The molecule has 186 valence electrons. The Morgan fingerprint density at radius 2 is 1.75 bits per heavy atom. The van der Waals surface area contributed by atoms with E-state index in [-0.39, 0.29) is 17.3 Å². The highest BCUT2D eigenvalue weighted by molar-refractivity contribution is 5.78. The maximum Gasteiger partial charge on any atom is 0.341 e. The number of piperazine rings is 1. The first-order chi connectivity index (χ1) is 17.3. The number of benzene rings is 1. The van der Waals surface area contributed by atoms with E-state index in [1.807, 2.05) is 4.90 Å². The number of hydrazone groups is 1. The zero-order valence-electron chi connectivity index (χ0n) is 19.3. The van der Waals surface area contributed by atoms with Crippen LogP contribution < -0.4 is 10.5 Å². The van der Waals surface area contributed by atoms with Gasteiger partial charge in [0.25, 0.3) is 0 Å². The number of hydrogen-bond acceptors (Lipinski definition) is 6. The van der Waals surface area contributed by atoms with Gasteiger partial charge in [-0.3, -0.25) is 4.79 Å².